The Kier molecular flexibility index (Phi) is 5.89. The van der Waals surface area contributed by atoms with E-state index in [0.717, 1.165) is 5.56 Å². The van der Waals surface area contributed by atoms with Gasteiger partial charge in [0.05, 0.1) is 13.0 Å². The molecule has 0 aliphatic rings. The summed E-state index contributed by atoms with van der Waals surface area (Å²) in [7, 11) is 1.30. The molecule has 0 bridgehead atoms. The van der Waals surface area contributed by atoms with Crippen molar-refractivity contribution in [2.75, 3.05) is 12.4 Å². The van der Waals surface area contributed by atoms with Crippen LogP contribution >= 0.6 is 0 Å². The molecular weight excluding hydrogens is 311 g/mol. The Morgan fingerprint density at radius 2 is 1.79 bits per heavy atom. The Morgan fingerprint density at radius 1 is 1.12 bits per heavy atom. The summed E-state index contributed by atoms with van der Waals surface area (Å²) in [5.41, 5.74) is 1.82. The number of hydrogen-bond donors (Lipinski definition) is 2. The molecule has 2 aromatic rings. The fraction of sp³-hybridized carbons (Fsp3) is 0.222. The van der Waals surface area contributed by atoms with Gasteiger partial charge in [-0.05, 0) is 36.2 Å². The van der Waals surface area contributed by atoms with Gasteiger partial charge in [0.15, 0.2) is 0 Å². The van der Waals surface area contributed by atoms with Crippen LogP contribution in [0.25, 0.3) is 0 Å². The quantitative estimate of drug-likeness (QED) is 0.882. The standard InChI is InChI=1S/C18H19FN2O3/c1-12(15-5-3-4-6-16(15)19)17(22)21-14-9-7-13(8-10-14)11-20-18(23)24-2/h3-10,12H,11H2,1-2H3,(H,20,23)(H,21,22). The fourth-order valence-corrected chi connectivity index (χ4v) is 2.17. The van der Waals surface area contributed by atoms with Gasteiger partial charge >= 0.3 is 6.09 Å². The van der Waals surface area contributed by atoms with Crippen LogP contribution in [0.2, 0.25) is 0 Å². The van der Waals surface area contributed by atoms with Gasteiger partial charge in [0.1, 0.15) is 5.82 Å². The minimum absolute atomic E-state index is 0.291. The highest BCUT2D eigenvalue weighted by atomic mass is 19.1. The van der Waals surface area contributed by atoms with E-state index in [1.54, 1.807) is 49.4 Å². The highest BCUT2D eigenvalue weighted by Gasteiger charge is 2.18. The molecule has 2 aromatic carbocycles. The molecule has 2 N–H and O–H groups in total. The average molecular weight is 330 g/mol. The summed E-state index contributed by atoms with van der Waals surface area (Å²) in [5.74, 6) is -1.29. The topological polar surface area (TPSA) is 67.4 Å². The Bertz CT molecular complexity index is 716. The summed E-state index contributed by atoms with van der Waals surface area (Å²) < 4.78 is 18.2. The molecule has 0 saturated carbocycles. The predicted octanol–water partition coefficient (Wildman–Crippen LogP) is 3.42. The number of halogens is 1. The van der Waals surface area contributed by atoms with E-state index in [0.29, 0.717) is 17.8 Å². The van der Waals surface area contributed by atoms with Gasteiger partial charge in [-0.2, -0.15) is 0 Å². The first kappa shape index (κ1) is 17.5. The van der Waals surface area contributed by atoms with Crippen molar-refractivity contribution in [3.05, 3.63) is 65.5 Å². The second-order valence-electron chi connectivity index (χ2n) is 5.27. The maximum absolute atomic E-state index is 13.7. The lowest BCUT2D eigenvalue weighted by atomic mass is 9.99. The molecule has 0 aliphatic heterocycles. The fourth-order valence-electron chi connectivity index (χ4n) is 2.17. The first-order valence-electron chi connectivity index (χ1n) is 7.47. The van der Waals surface area contributed by atoms with Crippen molar-refractivity contribution in [2.45, 2.75) is 19.4 Å². The molecule has 0 heterocycles. The second-order valence-corrected chi connectivity index (χ2v) is 5.27. The maximum Gasteiger partial charge on any atom is 0.407 e. The number of benzene rings is 2. The molecule has 1 atom stereocenters. The van der Waals surface area contributed by atoms with Crippen LogP contribution in [0, 0.1) is 5.82 Å². The van der Waals surface area contributed by atoms with Gasteiger partial charge in [-0.3, -0.25) is 4.79 Å². The van der Waals surface area contributed by atoms with E-state index < -0.39 is 17.8 Å². The number of alkyl carbamates (subject to hydrolysis) is 1. The van der Waals surface area contributed by atoms with Gasteiger partial charge < -0.3 is 15.4 Å². The summed E-state index contributed by atoms with van der Waals surface area (Å²) >= 11 is 0. The SMILES string of the molecule is COC(=O)NCc1ccc(NC(=O)C(C)c2ccccc2F)cc1. The van der Waals surface area contributed by atoms with Crippen molar-refractivity contribution < 1.29 is 18.7 Å². The van der Waals surface area contributed by atoms with Crippen LogP contribution in [0.4, 0.5) is 14.9 Å². The number of nitrogens with one attached hydrogen (secondary N) is 2. The van der Waals surface area contributed by atoms with E-state index in [-0.39, 0.29) is 5.91 Å². The van der Waals surface area contributed by atoms with Gasteiger partial charge in [-0.15, -0.1) is 0 Å². The second kappa shape index (κ2) is 8.10. The van der Waals surface area contributed by atoms with Gasteiger partial charge in [0.25, 0.3) is 0 Å². The number of hydrogen-bond acceptors (Lipinski definition) is 3. The predicted molar refractivity (Wildman–Crippen MR) is 89.1 cm³/mol. The largest absolute Gasteiger partial charge is 0.453 e. The summed E-state index contributed by atoms with van der Waals surface area (Å²) in [4.78, 5) is 23.3. The summed E-state index contributed by atoms with van der Waals surface area (Å²) in [6.07, 6.45) is -0.508. The number of ether oxygens (including phenoxy) is 1. The van der Waals surface area contributed by atoms with E-state index >= 15 is 0 Å². The van der Waals surface area contributed by atoms with Crippen LogP contribution in [0.5, 0.6) is 0 Å². The van der Waals surface area contributed by atoms with Crippen LogP contribution in [0.3, 0.4) is 0 Å². The Hall–Kier alpha value is -2.89. The van der Waals surface area contributed by atoms with Crippen LogP contribution in [0.1, 0.15) is 24.0 Å². The van der Waals surface area contributed by atoms with E-state index in [1.807, 2.05) is 0 Å². The van der Waals surface area contributed by atoms with E-state index in [2.05, 4.69) is 15.4 Å². The number of amides is 2. The number of carbonyl (C=O) groups is 2. The monoisotopic (exact) mass is 330 g/mol. The van der Waals surface area contributed by atoms with Crippen LogP contribution < -0.4 is 10.6 Å². The summed E-state index contributed by atoms with van der Waals surface area (Å²) in [5, 5.41) is 5.32. The highest BCUT2D eigenvalue weighted by molar-refractivity contribution is 5.95. The third-order valence-corrected chi connectivity index (χ3v) is 3.61. The average Bonchev–Trinajstić information content (AvgIpc) is 2.60. The zero-order valence-electron chi connectivity index (χ0n) is 13.5. The van der Waals surface area contributed by atoms with Gasteiger partial charge in [0, 0.05) is 12.2 Å². The van der Waals surface area contributed by atoms with E-state index in [4.69, 9.17) is 0 Å². The lowest BCUT2D eigenvalue weighted by Crippen LogP contribution is -2.22. The van der Waals surface area contributed by atoms with Crippen molar-refractivity contribution in [1.82, 2.24) is 5.32 Å². The summed E-state index contributed by atoms with van der Waals surface area (Å²) in [6.45, 7) is 1.98. The normalized spacial score (nSPS) is 11.5. The minimum Gasteiger partial charge on any atom is -0.453 e. The van der Waals surface area contributed by atoms with E-state index in [9.17, 15) is 14.0 Å². The van der Waals surface area contributed by atoms with Crippen molar-refractivity contribution in [3.8, 4) is 0 Å². The Balaban J connectivity index is 1.97. The molecule has 2 amide bonds. The van der Waals surface area contributed by atoms with Crippen LogP contribution in [0.15, 0.2) is 48.5 Å². The molecule has 0 spiro atoms. The van der Waals surface area contributed by atoms with E-state index in [1.165, 1.54) is 13.2 Å². The molecular formula is C18H19FN2O3. The molecule has 126 valence electrons. The molecule has 0 fully saturated rings. The third kappa shape index (κ3) is 4.55. The van der Waals surface area contributed by atoms with Crippen molar-refractivity contribution in [3.63, 3.8) is 0 Å². The molecule has 0 aliphatic carbocycles. The van der Waals surface area contributed by atoms with Crippen LogP contribution in [-0.4, -0.2) is 19.1 Å². The number of anilines is 1. The number of methoxy groups -OCH3 is 1. The molecule has 6 heteroatoms. The maximum atomic E-state index is 13.7. The molecule has 0 aromatic heterocycles. The first-order chi connectivity index (χ1) is 11.5. The van der Waals surface area contributed by atoms with Crippen molar-refractivity contribution in [1.29, 1.82) is 0 Å². The molecule has 0 saturated heterocycles. The zero-order valence-corrected chi connectivity index (χ0v) is 13.5. The van der Waals surface area contributed by atoms with Crippen molar-refractivity contribution in [2.24, 2.45) is 0 Å². The van der Waals surface area contributed by atoms with Gasteiger partial charge in [-0.25, -0.2) is 9.18 Å². The molecule has 24 heavy (non-hydrogen) atoms. The lowest BCUT2D eigenvalue weighted by molar-refractivity contribution is -0.117. The highest BCUT2D eigenvalue weighted by Crippen LogP contribution is 2.20. The minimum atomic E-state index is -0.605. The smallest absolute Gasteiger partial charge is 0.407 e. The zero-order chi connectivity index (χ0) is 17.5. The Morgan fingerprint density at radius 3 is 2.42 bits per heavy atom. The molecule has 5 nitrogen and oxygen atoms in total. The first-order valence-corrected chi connectivity index (χ1v) is 7.47. The number of rotatable bonds is 5. The molecule has 1 unspecified atom stereocenters. The Labute approximate surface area is 139 Å². The molecule has 0 radical (unpaired) electrons. The summed E-state index contributed by atoms with van der Waals surface area (Å²) in [6, 6.07) is 13.2. The number of carbonyl (C=O) groups excluding carboxylic acids is 2. The van der Waals surface area contributed by atoms with Crippen LogP contribution in [-0.2, 0) is 16.1 Å². The third-order valence-electron chi connectivity index (χ3n) is 3.61. The van der Waals surface area contributed by atoms with Gasteiger partial charge in [0.2, 0.25) is 5.91 Å². The molecule has 2 rings (SSSR count). The lowest BCUT2D eigenvalue weighted by Gasteiger charge is -2.13. The van der Waals surface area contributed by atoms with Crippen molar-refractivity contribution >= 4 is 17.7 Å². The van der Waals surface area contributed by atoms with Gasteiger partial charge in [-0.1, -0.05) is 30.3 Å².